The van der Waals surface area contributed by atoms with Gasteiger partial charge in [-0.3, -0.25) is 13.9 Å². The predicted octanol–water partition coefficient (Wildman–Crippen LogP) is 5.04. The van der Waals surface area contributed by atoms with Gasteiger partial charge >= 0.3 is 0 Å². The van der Waals surface area contributed by atoms with E-state index in [1.165, 1.54) is 4.90 Å². The number of nitrogens with zero attached hydrogens (tertiary/aromatic N) is 2. The summed E-state index contributed by atoms with van der Waals surface area (Å²) in [5, 5.41) is 2.81. The van der Waals surface area contributed by atoms with Crippen molar-refractivity contribution in [2.45, 2.75) is 44.7 Å². The summed E-state index contributed by atoms with van der Waals surface area (Å²) in [5.74, 6) is -1.46. The molecule has 0 bridgehead atoms. The average molecular weight is 605 g/mol. The molecule has 3 aromatic rings. The largest absolute Gasteiger partial charge is 0.354 e. The Morgan fingerprint density at radius 1 is 0.974 bits per heavy atom. The Kier molecular flexibility index (Phi) is 10.0. The Bertz CT molecular complexity index is 1350. The fourth-order valence-corrected chi connectivity index (χ4v) is 5.42. The van der Waals surface area contributed by atoms with Crippen LogP contribution < -0.4 is 9.62 Å². The molecule has 0 aliphatic rings. The number of nitrogens with one attached hydrogen (secondary N) is 1. The minimum Gasteiger partial charge on any atom is -0.354 e. The number of sulfonamides is 1. The van der Waals surface area contributed by atoms with Crippen LogP contribution in [0.1, 0.15) is 31.4 Å². The summed E-state index contributed by atoms with van der Waals surface area (Å²) in [6.07, 6.45) is 0.732. The second-order valence-electron chi connectivity index (χ2n) is 8.92. The third kappa shape index (κ3) is 7.41. The van der Waals surface area contributed by atoms with E-state index in [1.807, 2.05) is 38.1 Å². The molecule has 0 heterocycles. The highest BCUT2D eigenvalue weighted by molar-refractivity contribution is 9.10. The van der Waals surface area contributed by atoms with Gasteiger partial charge in [0.2, 0.25) is 11.8 Å². The molecule has 0 aromatic heterocycles. The van der Waals surface area contributed by atoms with Gasteiger partial charge in [0, 0.05) is 17.6 Å². The van der Waals surface area contributed by atoms with E-state index in [2.05, 4.69) is 21.2 Å². The maximum Gasteiger partial charge on any atom is 0.264 e. The van der Waals surface area contributed by atoms with Crippen LogP contribution in [-0.4, -0.2) is 44.3 Å². The number of hydrogen-bond acceptors (Lipinski definition) is 4. The number of rotatable bonds is 11. The molecule has 0 fully saturated rings. The van der Waals surface area contributed by atoms with E-state index in [1.54, 1.807) is 31.2 Å². The number of carbonyl (C=O) groups excluding carboxylic acids is 2. The molecule has 3 rings (SSSR count). The Morgan fingerprint density at radius 3 is 2.16 bits per heavy atom. The molecule has 3 aromatic carbocycles. The Hall–Kier alpha value is -3.24. The second-order valence-corrected chi connectivity index (χ2v) is 11.7. The van der Waals surface area contributed by atoms with Gasteiger partial charge in [0.05, 0.1) is 10.6 Å². The normalized spacial score (nSPS) is 12.0. The molecule has 2 amide bonds. The molecule has 0 saturated carbocycles. The number of benzene rings is 3. The summed E-state index contributed by atoms with van der Waals surface area (Å²) in [6, 6.07) is 17.6. The number of halogens is 2. The molecule has 0 spiro atoms. The van der Waals surface area contributed by atoms with Crippen LogP contribution in [0.25, 0.3) is 0 Å². The van der Waals surface area contributed by atoms with Gasteiger partial charge in [0.1, 0.15) is 18.4 Å². The Morgan fingerprint density at radius 2 is 1.58 bits per heavy atom. The average Bonchev–Trinajstić information content (AvgIpc) is 2.90. The maximum absolute atomic E-state index is 13.8. The highest BCUT2D eigenvalue weighted by Crippen LogP contribution is 2.25. The van der Waals surface area contributed by atoms with E-state index in [9.17, 15) is 22.4 Å². The van der Waals surface area contributed by atoms with E-state index >= 15 is 0 Å². The summed E-state index contributed by atoms with van der Waals surface area (Å²) in [6.45, 7) is 5.42. The standard InChI is InChI=1S/C28H31BrFN3O4S/c1-4-17-31-28(35)21(3)32(18-22-7-9-23(29)10-8-22)27(34)19-33(25-13-5-20(2)6-14-25)38(36,37)26-15-11-24(30)12-16-26/h5-16,21H,4,17-19H2,1-3H3,(H,31,35). The molecule has 0 radical (unpaired) electrons. The summed E-state index contributed by atoms with van der Waals surface area (Å²) < 4.78 is 42.7. The lowest BCUT2D eigenvalue weighted by molar-refractivity contribution is -0.139. The summed E-state index contributed by atoms with van der Waals surface area (Å²) in [4.78, 5) is 27.9. The van der Waals surface area contributed by atoms with Crippen molar-refractivity contribution in [1.82, 2.24) is 10.2 Å². The van der Waals surface area contributed by atoms with Gasteiger partial charge in [-0.15, -0.1) is 0 Å². The minimum absolute atomic E-state index is 0.102. The van der Waals surface area contributed by atoms with Crippen molar-refractivity contribution >= 4 is 43.5 Å². The zero-order valence-electron chi connectivity index (χ0n) is 21.5. The molecule has 202 valence electrons. The maximum atomic E-state index is 13.8. The number of anilines is 1. The van der Waals surface area contributed by atoms with Crippen molar-refractivity contribution in [3.63, 3.8) is 0 Å². The van der Waals surface area contributed by atoms with Gasteiger partial charge in [-0.25, -0.2) is 12.8 Å². The minimum atomic E-state index is -4.24. The summed E-state index contributed by atoms with van der Waals surface area (Å²) in [5.41, 5.74) is 1.97. The third-order valence-corrected chi connectivity index (χ3v) is 8.30. The molecule has 7 nitrogen and oxygen atoms in total. The lowest BCUT2D eigenvalue weighted by Crippen LogP contribution is -2.51. The zero-order chi connectivity index (χ0) is 27.9. The molecule has 1 N–H and O–H groups in total. The number of hydrogen-bond donors (Lipinski definition) is 1. The summed E-state index contributed by atoms with van der Waals surface area (Å²) in [7, 11) is -4.24. The highest BCUT2D eigenvalue weighted by Gasteiger charge is 2.32. The lowest BCUT2D eigenvalue weighted by Gasteiger charge is -2.32. The molecule has 0 saturated heterocycles. The smallest absolute Gasteiger partial charge is 0.264 e. The molecule has 1 unspecified atom stereocenters. The summed E-state index contributed by atoms with van der Waals surface area (Å²) >= 11 is 3.39. The van der Waals surface area contributed by atoms with Crippen molar-refractivity contribution in [3.8, 4) is 0 Å². The second kappa shape index (κ2) is 13.0. The van der Waals surface area contributed by atoms with Gasteiger partial charge in [-0.05, 0) is 74.4 Å². The Balaban J connectivity index is 2.00. The van der Waals surface area contributed by atoms with Crippen molar-refractivity contribution in [2.75, 3.05) is 17.4 Å². The van der Waals surface area contributed by atoms with E-state index in [-0.39, 0.29) is 23.0 Å². The van der Waals surface area contributed by atoms with Crippen molar-refractivity contribution in [1.29, 1.82) is 0 Å². The van der Waals surface area contributed by atoms with Crippen LogP contribution in [0.3, 0.4) is 0 Å². The number of aryl methyl sites for hydroxylation is 1. The highest BCUT2D eigenvalue weighted by atomic mass is 79.9. The molecular formula is C28H31BrFN3O4S. The third-order valence-electron chi connectivity index (χ3n) is 5.99. The van der Waals surface area contributed by atoms with Crippen LogP contribution >= 0.6 is 15.9 Å². The molecule has 0 aliphatic heterocycles. The molecule has 1 atom stereocenters. The molecule has 10 heteroatoms. The SMILES string of the molecule is CCCNC(=O)C(C)N(Cc1ccc(Br)cc1)C(=O)CN(c1ccc(C)cc1)S(=O)(=O)c1ccc(F)cc1. The quantitative estimate of drug-likeness (QED) is 0.333. The fourth-order valence-electron chi connectivity index (χ4n) is 3.74. The fraction of sp³-hybridized carbons (Fsp3) is 0.286. The van der Waals surface area contributed by atoms with Crippen LogP contribution in [0, 0.1) is 12.7 Å². The van der Waals surface area contributed by atoms with E-state index in [4.69, 9.17) is 0 Å². The first kappa shape index (κ1) is 29.3. The van der Waals surface area contributed by atoms with Crippen LogP contribution in [-0.2, 0) is 26.2 Å². The van der Waals surface area contributed by atoms with Gasteiger partial charge in [0.15, 0.2) is 0 Å². The van der Waals surface area contributed by atoms with E-state index < -0.39 is 34.3 Å². The van der Waals surface area contributed by atoms with Crippen molar-refractivity contribution in [3.05, 3.63) is 94.2 Å². The van der Waals surface area contributed by atoms with E-state index in [0.717, 1.165) is 50.6 Å². The predicted molar refractivity (Wildman–Crippen MR) is 150 cm³/mol. The Labute approximate surface area is 231 Å². The monoisotopic (exact) mass is 603 g/mol. The van der Waals surface area contributed by atoms with Gasteiger partial charge in [-0.1, -0.05) is 52.7 Å². The van der Waals surface area contributed by atoms with Crippen LogP contribution in [0.4, 0.5) is 10.1 Å². The number of amides is 2. The molecule has 38 heavy (non-hydrogen) atoms. The van der Waals surface area contributed by atoms with Gasteiger partial charge in [0.25, 0.3) is 10.0 Å². The van der Waals surface area contributed by atoms with E-state index in [0.29, 0.717) is 6.54 Å². The molecule has 0 aliphatic carbocycles. The van der Waals surface area contributed by atoms with Crippen molar-refractivity contribution < 1.29 is 22.4 Å². The zero-order valence-corrected chi connectivity index (χ0v) is 23.9. The topological polar surface area (TPSA) is 86.8 Å². The van der Waals surface area contributed by atoms with Crippen LogP contribution in [0.5, 0.6) is 0 Å². The van der Waals surface area contributed by atoms with Gasteiger partial charge in [-0.2, -0.15) is 0 Å². The molecular weight excluding hydrogens is 573 g/mol. The first-order chi connectivity index (χ1) is 18.0. The van der Waals surface area contributed by atoms with Crippen molar-refractivity contribution in [2.24, 2.45) is 0 Å². The first-order valence-corrected chi connectivity index (χ1v) is 14.4. The van der Waals surface area contributed by atoms with Crippen LogP contribution in [0.2, 0.25) is 0 Å². The van der Waals surface area contributed by atoms with Gasteiger partial charge < -0.3 is 10.2 Å². The lowest BCUT2D eigenvalue weighted by atomic mass is 10.1. The number of carbonyl (C=O) groups is 2. The van der Waals surface area contributed by atoms with Crippen LogP contribution in [0.15, 0.2) is 82.2 Å². The first-order valence-electron chi connectivity index (χ1n) is 12.2.